The number of carboxylic acid groups (broad SMARTS) is 1. The topological polar surface area (TPSA) is 203 Å². The molecule has 0 aromatic carbocycles. The molecule has 0 aliphatic carbocycles. The van der Waals surface area contributed by atoms with Gasteiger partial charge in [-0.2, -0.15) is 11.8 Å². The van der Waals surface area contributed by atoms with Gasteiger partial charge in [-0.15, -0.1) is 0 Å². The van der Waals surface area contributed by atoms with Crippen LogP contribution in [0.25, 0.3) is 0 Å². The number of aliphatic carboxylic acids is 1. The molecular weight excluding hydrogens is 436 g/mol. The Morgan fingerprint density at radius 1 is 0.781 bits per heavy atom. The zero-order valence-corrected chi connectivity index (χ0v) is 19.9. The highest BCUT2D eigenvalue weighted by atomic mass is 32.2. The van der Waals surface area contributed by atoms with Crippen molar-refractivity contribution in [1.82, 2.24) is 16.0 Å². The summed E-state index contributed by atoms with van der Waals surface area (Å²) in [7, 11) is 0. The number of carbonyl (C=O) groups excluding carboxylic acids is 3. The molecule has 0 aliphatic heterocycles. The molecule has 12 heteroatoms. The molecule has 0 heterocycles. The van der Waals surface area contributed by atoms with E-state index in [0.717, 1.165) is 0 Å². The van der Waals surface area contributed by atoms with Crippen LogP contribution in [-0.4, -0.2) is 78.1 Å². The molecule has 0 rings (SSSR count). The van der Waals surface area contributed by atoms with E-state index in [9.17, 15) is 24.3 Å². The minimum atomic E-state index is -1.14. The Morgan fingerprint density at radius 2 is 1.22 bits per heavy atom. The fourth-order valence-electron chi connectivity index (χ4n) is 2.86. The first-order valence-electron chi connectivity index (χ1n) is 11.0. The quantitative estimate of drug-likeness (QED) is 0.120. The van der Waals surface area contributed by atoms with E-state index >= 15 is 0 Å². The first-order chi connectivity index (χ1) is 15.2. The molecule has 0 radical (unpaired) electrons. The van der Waals surface area contributed by atoms with Crippen molar-refractivity contribution < 1.29 is 24.3 Å². The number of carbonyl (C=O) groups is 4. The van der Waals surface area contributed by atoms with Crippen LogP contribution in [0, 0.1) is 0 Å². The SMILES string of the molecule is CSCCC(NC(=O)C(CCCCN)NC(=O)C(C)N)C(=O)NC(CCCCN)C(=O)O. The maximum absolute atomic E-state index is 12.9. The maximum Gasteiger partial charge on any atom is 0.326 e. The normalized spacial score (nSPS) is 14.7. The van der Waals surface area contributed by atoms with E-state index in [-0.39, 0.29) is 6.42 Å². The lowest BCUT2D eigenvalue weighted by molar-refractivity contribution is -0.142. The average Bonchev–Trinajstić information content (AvgIpc) is 2.74. The van der Waals surface area contributed by atoms with Crippen LogP contribution in [-0.2, 0) is 19.2 Å². The number of nitrogens with two attached hydrogens (primary N) is 3. The number of amides is 3. The Kier molecular flexibility index (Phi) is 16.6. The summed E-state index contributed by atoms with van der Waals surface area (Å²) >= 11 is 1.49. The van der Waals surface area contributed by atoms with E-state index in [4.69, 9.17) is 17.2 Å². The summed E-state index contributed by atoms with van der Waals surface area (Å²) in [6.45, 7) is 2.40. The van der Waals surface area contributed by atoms with Crippen LogP contribution < -0.4 is 33.2 Å². The van der Waals surface area contributed by atoms with Crippen LogP contribution in [0.15, 0.2) is 0 Å². The van der Waals surface area contributed by atoms with Crippen LogP contribution in [0.5, 0.6) is 0 Å². The van der Waals surface area contributed by atoms with Gasteiger partial charge in [-0.3, -0.25) is 14.4 Å². The van der Waals surface area contributed by atoms with Crippen molar-refractivity contribution in [3.05, 3.63) is 0 Å². The molecule has 0 spiro atoms. The molecule has 4 atom stereocenters. The molecule has 11 nitrogen and oxygen atoms in total. The third-order valence-corrected chi connectivity index (χ3v) is 5.44. The van der Waals surface area contributed by atoms with Gasteiger partial charge in [-0.1, -0.05) is 0 Å². The van der Waals surface area contributed by atoms with Crippen molar-refractivity contribution >= 4 is 35.5 Å². The molecule has 10 N–H and O–H groups in total. The first kappa shape index (κ1) is 30.1. The molecule has 0 fully saturated rings. The van der Waals surface area contributed by atoms with Gasteiger partial charge in [0.05, 0.1) is 6.04 Å². The highest BCUT2D eigenvalue weighted by Gasteiger charge is 2.29. The van der Waals surface area contributed by atoms with Crippen LogP contribution in [0.3, 0.4) is 0 Å². The van der Waals surface area contributed by atoms with Crippen molar-refractivity contribution in [1.29, 1.82) is 0 Å². The molecule has 0 bridgehead atoms. The molecule has 0 saturated carbocycles. The van der Waals surface area contributed by atoms with Crippen LogP contribution >= 0.6 is 11.8 Å². The molecule has 0 aliphatic rings. The minimum Gasteiger partial charge on any atom is -0.480 e. The highest BCUT2D eigenvalue weighted by molar-refractivity contribution is 7.98. The third kappa shape index (κ3) is 12.8. The monoisotopic (exact) mass is 476 g/mol. The standard InChI is InChI=1S/C20H40N6O5S/c1-13(23)17(27)24-14(7-3-5-10-21)18(28)25-15(9-12-32-2)19(29)26-16(20(30)31)8-4-6-11-22/h13-16H,3-12,21-23H2,1-2H3,(H,24,27)(H,25,28)(H,26,29)(H,30,31). The molecule has 32 heavy (non-hydrogen) atoms. The van der Waals surface area contributed by atoms with E-state index in [0.29, 0.717) is 57.4 Å². The number of unbranched alkanes of at least 4 members (excludes halogenated alkanes) is 2. The lowest BCUT2D eigenvalue weighted by Crippen LogP contribution is -2.57. The van der Waals surface area contributed by atoms with Gasteiger partial charge in [0.15, 0.2) is 0 Å². The van der Waals surface area contributed by atoms with Gasteiger partial charge in [0.2, 0.25) is 17.7 Å². The summed E-state index contributed by atoms with van der Waals surface area (Å²) in [6, 6.07) is -3.67. The summed E-state index contributed by atoms with van der Waals surface area (Å²) in [5, 5.41) is 17.2. The van der Waals surface area contributed by atoms with Gasteiger partial charge in [-0.05, 0) is 77.0 Å². The zero-order chi connectivity index (χ0) is 24.5. The second-order valence-electron chi connectivity index (χ2n) is 7.66. The van der Waals surface area contributed by atoms with E-state index < -0.39 is 47.9 Å². The van der Waals surface area contributed by atoms with Gasteiger partial charge in [0.25, 0.3) is 0 Å². The van der Waals surface area contributed by atoms with Gasteiger partial charge in [0, 0.05) is 0 Å². The number of hydrogen-bond acceptors (Lipinski definition) is 8. The van der Waals surface area contributed by atoms with Gasteiger partial charge < -0.3 is 38.3 Å². The molecular formula is C20H40N6O5S. The number of rotatable bonds is 18. The smallest absolute Gasteiger partial charge is 0.326 e. The molecule has 0 aromatic rings. The van der Waals surface area contributed by atoms with Gasteiger partial charge in [0.1, 0.15) is 18.1 Å². The fourth-order valence-corrected chi connectivity index (χ4v) is 3.34. The minimum absolute atomic E-state index is 0.244. The van der Waals surface area contributed by atoms with Crippen molar-refractivity contribution in [3.63, 3.8) is 0 Å². The second kappa shape index (κ2) is 17.6. The lowest BCUT2D eigenvalue weighted by atomic mass is 10.1. The van der Waals surface area contributed by atoms with E-state index in [1.165, 1.54) is 18.7 Å². The number of thioether (sulfide) groups is 1. The average molecular weight is 477 g/mol. The van der Waals surface area contributed by atoms with Crippen molar-refractivity contribution in [2.75, 3.05) is 25.1 Å². The van der Waals surface area contributed by atoms with Crippen molar-refractivity contribution in [2.45, 2.75) is 76.0 Å². The largest absolute Gasteiger partial charge is 0.480 e. The summed E-state index contributed by atoms with van der Waals surface area (Å²) in [5.41, 5.74) is 16.6. The Labute approximate surface area is 194 Å². The van der Waals surface area contributed by atoms with Crippen molar-refractivity contribution in [2.24, 2.45) is 17.2 Å². The summed E-state index contributed by atoms with van der Waals surface area (Å²) < 4.78 is 0. The Balaban J connectivity index is 5.29. The van der Waals surface area contributed by atoms with Crippen LogP contribution in [0.1, 0.15) is 51.9 Å². The Hall–Kier alpha value is -1.89. The lowest BCUT2D eigenvalue weighted by Gasteiger charge is -2.25. The second-order valence-corrected chi connectivity index (χ2v) is 8.65. The fraction of sp³-hybridized carbons (Fsp3) is 0.800. The van der Waals surface area contributed by atoms with E-state index in [1.54, 1.807) is 0 Å². The van der Waals surface area contributed by atoms with Crippen molar-refractivity contribution in [3.8, 4) is 0 Å². The summed E-state index contributed by atoms with van der Waals surface area (Å²) in [4.78, 5) is 49.2. The number of carboxylic acids is 1. The molecule has 4 unspecified atom stereocenters. The van der Waals surface area contributed by atoms with Crippen LogP contribution in [0.4, 0.5) is 0 Å². The molecule has 3 amide bonds. The molecule has 0 aromatic heterocycles. The third-order valence-electron chi connectivity index (χ3n) is 4.80. The van der Waals surface area contributed by atoms with E-state index in [1.807, 2.05) is 6.26 Å². The Bertz CT molecular complexity index is 593. The first-order valence-corrected chi connectivity index (χ1v) is 12.4. The number of hydrogen-bond donors (Lipinski definition) is 7. The molecule has 186 valence electrons. The maximum atomic E-state index is 12.9. The summed E-state index contributed by atoms with van der Waals surface area (Å²) in [5.74, 6) is -2.14. The summed E-state index contributed by atoms with van der Waals surface area (Å²) in [6.07, 6.45) is 5.25. The zero-order valence-electron chi connectivity index (χ0n) is 19.1. The Morgan fingerprint density at radius 3 is 1.66 bits per heavy atom. The van der Waals surface area contributed by atoms with Crippen LogP contribution in [0.2, 0.25) is 0 Å². The predicted octanol–water partition coefficient (Wildman–Crippen LogP) is -1.12. The predicted molar refractivity (Wildman–Crippen MR) is 126 cm³/mol. The van der Waals surface area contributed by atoms with Gasteiger partial charge >= 0.3 is 5.97 Å². The van der Waals surface area contributed by atoms with Gasteiger partial charge in [-0.25, -0.2) is 4.79 Å². The van der Waals surface area contributed by atoms with E-state index in [2.05, 4.69) is 16.0 Å². The number of nitrogens with one attached hydrogen (secondary N) is 3. The highest BCUT2D eigenvalue weighted by Crippen LogP contribution is 2.07. The molecule has 0 saturated heterocycles.